The molecule has 10 heteroatoms. The van der Waals surface area contributed by atoms with Gasteiger partial charge in [0.05, 0.1) is 12.1 Å². The Bertz CT molecular complexity index is 1240. The number of methoxy groups -OCH3 is 1. The van der Waals surface area contributed by atoms with Crippen LogP contribution in [0, 0.1) is 6.92 Å². The van der Waals surface area contributed by atoms with E-state index >= 15 is 0 Å². The van der Waals surface area contributed by atoms with E-state index in [9.17, 15) is 8.42 Å². The lowest BCUT2D eigenvalue weighted by molar-refractivity contribution is 0.407. The smallest absolute Gasteiger partial charge is 0.264 e. The normalized spacial score (nSPS) is 11.8. The topological polar surface area (TPSA) is 90.4 Å². The molecule has 3 rings (SSSR count). The van der Waals surface area contributed by atoms with Gasteiger partial charge in [0.15, 0.2) is 5.75 Å². The van der Waals surface area contributed by atoms with E-state index in [4.69, 9.17) is 32.7 Å². The number of anilines is 1. The average Bonchev–Trinajstić information content (AvgIpc) is 2.70. The van der Waals surface area contributed by atoms with Crippen LogP contribution < -0.4 is 14.2 Å². The fourth-order valence-corrected chi connectivity index (χ4v) is 5.13. The predicted octanol–water partition coefficient (Wildman–Crippen LogP) is 5.99. The van der Waals surface area contributed by atoms with Crippen LogP contribution in [-0.4, -0.2) is 25.5 Å². The molecule has 3 aromatic rings. The molecule has 1 heterocycles. The van der Waals surface area contributed by atoms with Crippen LogP contribution in [0.4, 0.5) is 5.82 Å². The van der Waals surface area contributed by atoms with Gasteiger partial charge < -0.3 is 9.47 Å². The van der Waals surface area contributed by atoms with E-state index < -0.39 is 15.4 Å². The Morgan fingerprint density at radius 3 is 2.41 bits per heavy atom. The van der Waals surface area contributed by atoms with Crippen LogP contribution in [-0.2, 0) is 15.4 Å². The molecule has 0 saturated carbocycles. The molecular formula is C22H23Cl2N3O4S. The zero-order valence-corrected chi connectivity index (χ0v) is 20.6. The van der Waals surface area contributed by atoms with Crippen LogP contribution in [0.3, 0.4) is 0 Å². The van der Waals surface area contributed by atoms with Gasteiger partial charge in [0.25, 0.3) is 10.0 Å². The highest BCUT2D eigenvalue weighted by atomic mass is 35.5. The Labute approximate surface area is 197 Å². The van der Waals surface area contributed by atoms with Crippen LogP contribution in [0.15, 0.2) is 47.8 Å². The first-order chi connectivity index (χ1) is 14.9. The number of nitrogens with zero attached hydrogens (tertiary/aromatic N) is 2. The summed E-state index contributed by atoms with van der Waals surface area (Å²) in [6.07, 6.45) is 2.68. The maximum atomic E-state index is 13.2. The Hall–Kier alpha value is -2.55. The van der Waals surface area contributed by atoms with E-state index in [1.54, 1.807) is 31.2 Å². The molecule has 0 aliphatic carbocycles. The second kappa shape index (κ2) is 9.13. The van der Waals surface area contributed by atoms with E-state index in [1.807, 2.05) is 20.8 Å². The summed E-state index contributed by atoms with van der Waals surface area (Å²) in [7, 11) is -2.56. The molecular weight excluding hydrogens is 473 g/mol. The lowest BCUT2D eigenvalue weighted by Crippen LogP contribution is -2.19. The molecule has 0 saturated heterocycles. The number of hydrogen-bond acceptors (Lipinski definition) is 6. The number of aromatic nitrogens is 2. The van der Waals surface area contributed by atoms with Gasteiger partial charge in [-0.1, -0.05) is 50.0 Å². The highest BCUT2D eigenvalue weighted by molar-refractivity contribution is 7.92. The van der Waals surface area contributed by atoms with Crippen LogP contribution in [0.5, 0.6) is 17.2 Å². The fraction of sp³-hybridized carbons (Fsp3) is 0.273. The first kappa shape index (κ1) is 24.1. The maximum absolute atomic E-state index is 13.2. The summed E-state index contributed by atoms with van der Waals surface area (Å²) in [5.74, 6) is 1.13. The third-order valence-corrected chi connectivity index (χ3v) is 6.94. The minimum absolute atomic E-state index is 0.0598. The fourth-order valence-electron chi connectivity index (χ4n) is 3.07. The standard InChI is InChI=1S/C22H23Cl2N3O4S/c1-13-10-15(22(2,3)4)20(31-17-11-14(30-5)6-7-16(17)23)19(24)21(13)32(28,29)27-18-8-9-25-12-26-18/h6-12H,1-5H3,(H,25,26,27). The van der Waals surface area contributed by atoms with Crippen molar-refractivity contribution in [2.45, 2.75) is 38.0 Å². The molecule has 0 atom stereocenters. The van der Waals surface area contributed by atoms with Crippen LogP contribution in [0.1, 0.15) is 31.9 Å². The third kappa shape index (κ3) is 5.09. The zero-order valence-electron chi connectivity index (χ0n) is 18.2. The van der Waals surface area contributed by atoms with Gasteiger partial charge in [-0.15, -0.1) is 0 Å². The summed E-state index contributed by atoms with van der Waals surface area (Å²) < 4.78 is 40.2. The minimum atomic E-state index is -4.08. The van der Waals surface area contributed by atoms with Crippen molar-refractivity contribution in [1.29, 1.82) is 0 Å². The number of halogens is 2. The van der Waals surface area contributed by atoms with Crippen molar-refractivity contribution in [2.24, 2.45) is 0 Å². The number of benzene rings is 2. The SMILES string of the molecule is COc1ccc(Cl)c(Oc2c(C(C)(C)C)cc(C)c(S(=O)(=O)Nc3ccncn3)c2Cl)c1. The number of nitrogens with one attached hydrogen (secondary N) is 1. The largest absolute Gasteiger partial charge is 0.497 e. The molecule has 0 bridgehead atoms. The van der Waals surface area contributed by atoms with Gasteiger partial charge in [0.1, 0.15) is 33.6 Å². The van der Waals surface area contributed by atoms with Gasteiger partial charge in [0, 0.05) is 17.8 Å². The average molecular weight is 496 g/mol. The van der Waals surface area contributed by atoms with E-state index in [2.05, 4.69) is 14.7 Å². The Kier molecular flexibility index (Phi) is 6.88. The first-order valence-electron chi connectivity index (χ1n) is 9.58. The lowest BCUT2D eigenvalue weighted by Gasteiger charge is -2.26. The molecule has 1 N–H and O–H groups in total. The second-order valence-electron chi connectivity index (χ2n) is 8.06. The highest BCUT2D eigenvalue weighted by Crippen LogP contribution is 2.46. The monoisotopic (exact) mass is 495 g/mol. The van der Waals surface area contributed by atoms with Gasteiger partial charge in [-0.2, -0.15) is 0 Å². The van der Waals surface area contributed by atoms with Gasteiger partial charge in [-0.3, -0.25) is 4.72 Å². The minimum Gasteiger partial charge on any atom is -0.497 e. The van der Waals surface area contributed by atoms with Crippen molar-refractivity contribution in [1.82, 2.24) is 9.97 Å². The molecule has 170 valence electrons. The van der Waals surface area contributed by atoms with Crippen molar-refractivity contribution >= 4 is 39.0 Å². The molecule has 0 fully saturated rings. The molecule has 0 amide bonds. The lowest BCUT2D eigenvalue weighted by atomic mass is 9.85. The van der Waals surface area contributed by atoms with E-state index in [0.29, 0.717) is 16.3 Å². The summed E-state index contributed by atoms with van der Waals surface area (Å²) >= 11 is 13.0. The van der Waals surface area contributed by atoms with Gasteiger partial charge in [0.2, 0.25) is 0 Å². The summed E-state index contributed by atoms with van der Waals surface area (Å²) in [4.78, 5) is 7.60. The van der Waals surface area contributed by atoms with Crippen molar-refractivity contribution in [3.05, 3.63) is 64.0 Å². The molecule has 0 unspecified atom stereocenters. The predicted molar refractivity (Wildman–Crippen MR) is 126 cm³/mol. The third-order valence-electron chi connectivity index (χ3n) is 4.61. The molecule has 0 aliphatic heterocycles. The van der Waals surface area contributed by atoms with E-state index in [0.717, 1.165) is 5.56 Å². The van der Waals surface area contributed by atoms with Crippen molar-refractivity contribution in [3.8, 4) is 17.2 Å². The number of sulfonamides is 1. The van der Waals surface area contributed by atoms with Gasteiger partial charge >= 0.3 is 0 Å². The summed E-state index contributed by atoms with van der Waals surface area (Å²) in [5.41, 5.74) is 0.780. The van der Waals surface area contributed by atoms with Crippen LogP contribution in [0.2, 0.25) is 10.0 Å². The molecule has 2 aromatic carbocycles. The molecule has 7 nitrogen and oxygen atoms in total. The van der Waals surface area contributed by atoms with Gasteiger partial charge in [-0.05, 0) is 36.1 Å². The number of aryl methyl sites for hydroxylation is 1. The zero-order chi connectivity index (χ0) is 23.7. The van der Waals surface area contributed by atoms with Crippen LogP contribution >= 0.6 is 23.2 Å². The summed E-state index contributed by atoms with van der Waals surface area (Å²) in [6, 6.07) is 8.13. The quantitative estimate of drug-likeness (QED) is 0.451. The molecule has 0 aliphatic rings. The summed E-state index contributed by atoms with van der Waals surface area (Å²) in [6.45, 7) is 7.61. The maximum Gasteiger partial charge on any atom is 0.264 e. The van der Waals surface area contributed by atoms with Crippen molar-refractivity contribution < 1.29 is 17.9 Å². The van der Waals surface area contributed by atoms with Crippen molar-refractivity contribution in [2.75, 3.05) is 11.8 Å². The van der Waals surface area contributed by atoms with Gasteiger partial charge in [-0.25, -0.2) is 18.4 Å². The molecule has 1 aromatic heterocycles. The highest BCUT2D eigenvalue weighted by Gasteiger charge is 2.31. The van der Waals surface area contributed by atoms with Crippen molar-refractivity contribution in [3.63, 3.8) is 0 Å². The van der Waals surface area contributed by atoms with Crippen LogP contribution in [0.25, 0.3) is 0 Å². The summed E-state index contributed by atoms with van der Waals surface area (Å²) in [5, 5.41) is 0.265. The molecule has 0 radical (unpaired) electrons. The van der Waals surface area contributed by atoms with E-state index in [1.165, 1.54) is 25.7 Å². The molecule has 0 spiro atoms. The van der Waals surface area contributed by atoms with E-state index in [-0.39, 0.29) is 27.2 Å². The second-order valence-corrected chi connectivity index (χ2v) is 10.5. The first-order valence-corrected chi connectivity index (χ1v) is 11.8. The Balaban J connectivity index is 2.20. The molecule has 32 heavy (non-hydrogen) atoms. The Morgan fingerprint density at radius 1 is 1.09 bits per heavy atom. The Morgan fingerprint density at radius 2 is 1.81 bits per heavy atom. The number of hydrogen-bond donors (Lipinski definition) is 1. The number of rotatable bonds is 6. The number of ether oxygens (including phenoxy) is 2.